The Kier molecular flexibility index (Phi) is 12.1. The first-order valence-electron chi connectivity index (χ1n) is 16.4. The lowest BCUT2D eigenvalue weighted by Gasteiger charge is -2.33. The molecule has 2 fully saturated rings. The van der Waals surface area contributed by atoms with Gasteiger partial charge >= 0.3 is 0 Å². The standard InChI is InChI=1S/C34H49N7O4/c1-39-16-10-17-41(21-20-39)34-36-29-24-31(45-22-9-4-3-8-13-32(42)38-43)30(44-2)23-28(29)33(37-34)35-27-14-18-40(19-15-27)25-26-11-6-5-7-12-26/h5-7,11-12,23-24,27,43H,3-4,8-10,13-22,25H2,1-2H3,(H,38,42)(H,35,36,37). The van der Waals surface area contributed by atoms with Crippen molar-refractivity contribution in [3.8, 4) is 11.5 Å². The Balaban J connectivity index is 1.30. The van der Waals surface area contributed by atoms with Crippen LogP contribution < -0.4 is 25.2 Å². The van der Waals surface area contributed by atoms with E-state index in [-0.39, 0.29) is 5.91 Å². The van der Waals surface area contributed by atoms with Crippen molar-refractivity contribution in [1.29, 1.82) is 0 Å². The first-order chi connectivity index (χ1) is 22.0. The number of likely N-dealkylation sites (N-methyl/N-ethyl adjacent to an activating group) is 1. The Morgan fingerprint density at radius 2 is 1.76 bits per heavy atom. The smallest absolute Gasteiger partial charge is 0.243 e. The molecule has 0 saturated carbocycles. The van der Waals surface area contributed by atoms with Crippen LogP contribution in [0.25, 0.3) is 10.9 Å². The molecule has 0 unspecified atom stereocenters. The summed E-state index contributed by atoms with van der Waals surface area (Å²) in [6.07, 6.45) is 6.91. The molecule has 3 N–H and O–H groups in total. The Morgan fingerprint density at radius 3 is 2.53 bits per heavy atom. The molecule has 0 aliphatic carbocycles. The average Bonchev–Trinajstić information content (AvgIpc) is 3.29. The van der Waals surface area contributed by atoms with Crippen molar-refractivity contribution in [1.82, 2.24) is 25.2 Å². The second kappa shape index (κ2) is 16.6. The topological polar surface area (TPSA) is 115 Å². The summed E-state index contributed by atoms with van der Waals surface area (Å²) < 4.78 is 12.0. The molecule has 3 aromatic rings. The molecule has 2 aliphatic heterocycles. The van der Waals surface area contributed by atoms with E-state index in [1.54, 1.807) is 12.6 Å². The number of piperidine rings is 1. The number of carbonyl (C=O) groups is 1. The number of ether oxygens (including phenoxy) is 2. The molecule has 3 heterocycles. The number of amides is 1. The summed E-state index contributed by atoms with van der Waals surface area (Å²) in [5.41, 5.74) is 3.88. The van der Waals surface area contributed by atoms with Crippen LogP contribution >= 0.6 is 0 Å². The predicted molar refractivity (Wildman–Crippen MR) is 177 cm³/mol. The van der Waals surface area contributed by atoms with Gasteiger partial charge in [-0.1, -0.05) is 43.2 Å². The zero-order valence-corrected chi connectivity index (χ0v) is 26.8. The van der Waals surface area contributed by atoms with Crippen molar-refractivity contribution < 1.29 is 19.5 Å². The van der Waals surface area contributed by atoms with Crippen molar-refractivity contribution in [2.75, 3.05) is 70.2 Å². The van der Waals surface area contributed by atoms with Crippen LogP contribution in [0.4, 0.5) is 11.8 Å². The third-order valence-electron chi connectivity index (χ3n) is 8.83. The zero-order valence-electron chi connectivity index (χ0n) is 26.8. The number of aromatic nitrogens is 2. The molecule has 45 heavy (non-hydrogen) atoms. The van der Waals surface area contributed by atoms with E-state index in [9.17, 15) is 4.79 Å². The summed E-state index contributed by atoms with van der Waals surface area (Å²) in [7, 11) is 3.84. The number of nitrogens with zero attached hydrogens (tertiary/aromatic N) is 5. The van der Waals surface area contributed by atoms with Gasteiger partial charge in [0.05, 0.1) is 19.2 Å². The number of methoxy groups -OCH3 is 1. The molecule has 11 nitrogen and oxygen atoms in total. The molecular formula is C34H49N7O4. The van der Waals surface area contributed by atoms with Crippen molar-refractivity contribution in [2.45, 2.75) is 64.0 Å². The van der Waals surface area contributed by atoms with Gasteiger partial charge in [0.25, 0.3) is 0 Å². The fourth-order valence-corrected chi connectivity index (χ4v) is 6.14. The van der Waals surface area contributed by atoms with Gasteiger partial charge in [-0.2, -0.15) is 4.98 Å². The Morgan fingerprint density at radius 1 is 0.956 bits per heavy atom. The number of nitrogens with one attached hydrogen (secondary N) is 2. The number of carbonyl (C=O) groups excluding carboxylic acids is 1. The third kappa shape index (κ3) is 9.42. The minimum absolute atomic E-state index is 0.323. The highest BCUT2D eigenvalue weighted by Gasteiger charge is 2.23. The molecule has 2 aromatic carbocycles. The van der Waals surface area contributed by atoms with Crippen LogP contribution in [0, 0.1) is 0 Å². The minimum Gasteiger partial charge on any atom is -0.493 e. The van der Waals surface area contributed by atoms with Crippen LogP contribution in [0.2, 0.25) is 0 Å². The van der Waals surface area contributed by atoms with Crippen LogP contribution in [0.3, 0.4) is 0 Å². The SMILES string of the molecule is COc1cc2c(NC3CCN(Cc4ccccc4)CC3)nc(N3CCCN(C)CC3)nc2cc1OCCCCCCC(=O)NO. The average molecular weight is 620 g/mol. The fourth-order valence-electron chi connectivity index (χ4n) is 6.14. The van der Waals surface area contributed by atoms with Crippen molar-refractivity contribution in [2.24, 2.45) is 0 Å². The number of hydrogen-bond acceptors (Lipinski definition) is 10. The molecule has 11 heteroatoms. The quantitative estimate of drug-likeness (QED) is 0.133. The molecular weight excluding hydrogens is 570 g/mol. The van der Waals surface area contributed by atoms with Gasteiger partial charge in [-0.25, -0.2) is 10.5 Å². The van der Waals surface area contributed by atoms with Gasteiger partial charge in [-0.05, 0) is 57.3 Å². The van der Waals surface area contributed by atoms with Crippen molar-refractivity contribution >= 4 is 28.6 Å². The Hall–Kier alpha value is -3.67. The van der Waals surface area contributed by atoms with Crippen LogP contribution in [-0.4, -0.2) is 97.0 Å². The number of hydrogen-bond donors (Lipinski definition) is 3. The maximum atomic E-state index is 11.2. The minimum atomic E-state index is -0.344. The maximum absolute atomic E-state index is 11.2. The molecule has 0 bridgehead atoms. The molecule has 1 amide bonds. The first kappa shape index (κ1) is 32.7. The first-order valence-corrected chi connectivity index (χ1v) is 16.4. The molecule has 0 radical (unpaired) electrons. The molecule has 5 rings (SSSR count). The summed E-state index contributed by atoms with van der Waals surface area (Å²) >= 11 is 0. The fraction of sp³-hybridized carbons (Fsp3) is 0.559. The largest absolute Gasteiger partial charge is 0.493 e. The van der Waals surface area contributed by atoms with Crippen molar-refractivity contribution in [3.05, 3.63) is 48.0 Å². The number of unbranched alkanes of at least 4 members (excludes halogenated alkanes) is 3. The molecule has 2 aliphatic rings. The van der Waals surface area contributed by atoms with Crippen molar-refractivity contribution in [3.63, 3.8) is 0 Å². The second-order valence-corrected chi connectivity index (χ2v) is 12.3. The second-order valence-electron chi connectivity index (χ2n) is 12.3. The van der Waals surface area contributed by atoms with Gasteiger partial charge < -0.3 is 24.6 Å². The van der Waals surface area contributed by atoms with Gasteiger partial charge in [0.1, 0.15) is 5.82 Å². The number of rotatable bonds is 14. The molecule has 1 aromatic heterocycles. The summed E-state index contributed by atoms with van der Waals surface area (Å²) in [6.45, 7) is 7.46. The van der Waals surface area contributed by atoms with Gasteiger partial charge in [-0.3, -0.25) is 14.9 Å². The highest BCUT2D eigenvalue weighted by molar-refractivity contribution is 5.93. The lowest BCUT2D eigenvalue weighted by molar-refractivity contribution is -0.129. The van der Waals surface area contributed by atoms with Gasteiger partial charge in [0.15, 0.2) is 11.5 Å². The van der Waals surface area contributed by atoms with E-state index in [1.807, 2.05) is 12.1 Å². The molecule has 244 valence electrons. The number of fused-ring (bicyclic) bond motifs is 1. The van der Waals surface area contributed by atoms with E-state index in [0.29, 0.717) is 30.6 Å². The number of benzene rings is 2. The lowest BCUT2D eigenvalue weighted by Crippen LogP contribution is -2.39. The maximum Gasteiger partial charge on any atom is 0.243 e. The van der Waals surface area contributed by atoms with E-state index in [4.69, 9.17) is 24.6 Å². The number of likely N-dealkylation sites (tertiary alicyclic amines) is 1. The summed E-state index contributed by atoms with van der Waals surface area (Å²) in [5.74, 6) is 2.60. The van der Waals surface area contributed by atoms with E-state index >= 15 is 0 Å². The Labute approximate surface area is 266 Å². The van der Waals surface area contributed by atoms with Crippen LogP contribution in [0.5, 0.6) is 11.5 Å². The highest BCUT2D eigenvalue weighted by Crippen LogP contribution is 2.36. The van der Waals surface area contributed by atoms with Crippen LogP contribution in [-0.2, 0) is 11.3 Å². The molecule has 0 atom stereocenters. The summed E-state index contributed by atoms with van der Waals surface area (Å²) in [4.78, 5) is 28.6. The van der Waals surface area contributed by atoms with Crippen LogP contribution in [0.15, 0.2) is 42.5 Å². The lowest BCUT2D eigenvalue weighted by atomic mass is 10.0. The highest BCUT2D eigenvalue weighted by atomic mass is 16.5. The van der Waals surface area contributed by atoms with E-state index in [1.165, 1.54) is 5.56 Å². The molecule has 2 saturated heterocycles. The number of anilines is 2. The van der Waals surface area contributed by atoms with E-state index in [2.05, 4.69) is 57.4 Å². The number of hydroxylamine groups is 1. The summed E-state index contributed by atoms with van der Waals surface area (Å²) in [5, 5.41) is 13.4. The summed E-state index contributed by atoms with van der Waals surface area (Å²) in [6, 6.07) is 15.0. The van der Waals surface area contributed by atoms with Gasteiger partial charge in [0, 0.05) is 63.2 Å². The zero-order chi connectivity index (χ0) is 31.4. The van der Waals surface area contributed by atoms with Gasteiger partial charge in [0.2, 0.25) is 11.9 Å². The van der Waals surface area contributed by atoms with Gasteiger partial charge in [-0.15, -0.1) is 0 Å². The van der Waals surface area contributed by atoms with E-state index < -0.39 is 0 Å². The molecule has 0 spiro atoms. The van der Waals surface area contributed by atoms with E-state index in [0.717, 1.165) is 113 Å². The Bertz CT molecular complexity index is 1370. The third-order valence-corrected chi connectivity index (χ3v) is 8.83. The van der Waals surface area contributed by atoms with Crippen LogP contribution in [0.1, 0.15) is 56.9 Å². The normalized spacial score (nSPS) is 16.8. The monoisotopic (exact) mass is 619 g/mol. The predicted octanol–water partition coefficient (Wildman–Crippen LogP) is 4.69.